The summed E-state index contributed by atoms with van der Waals surface area (Å²) < 4.78 is 0. The van der Waals surface area contributed by atoms with E-state index in [9.17, 15) is 9.90 Å². The van der Waals surface area contributed by atoms with Crippen LogP contribution in [0.2, 0.25) is 0 Å². The topological polar surface area (TPSA) is 75.3 Å². The minimum atomic E-state index is -0.751. The number of aliphatic hydroxyl groups is 1. The van der Waals surface area contributed by atoms with E-state index in [1.165, 1.54) is 0 Å². The molecule has 0 saturated carbocycles. The van der Waals surface area contributed by atoms with Gasteiger partial charge in [0.2, 0.25) is 5.91 Å². The van der Waals surface area contributed by atoms with Crippen molar-refractivity contribution in [2.45, 2.75) is 58.5 Å². The average molecular weight is 244 g/mol. The predicted octanol–water partition coefficient (Wildman–Crippen LogP) is 1.42. The van der Waals surface area contributed by atoms with Gasteiger partial charge >= 0.3 is 0 Å². The standard InChI is InChI=1S/C13H28N2O2/c1-4-13(17,5-2)10-15-12(16)7-6-11(3)8-9-14/h11,17H,4-10,14H2,1-3H3,(H,15,16). The van der Waals surface area contributed by atoms with Crippen LogP contribution in [0.5, 0.6) is 0 Å². The second kappa shape index (κ2) is 8.48. The summed E-state index contributed by atoms with van der Waals surface area (Å²) in [6.45, 7) is 6.99. The molecule has 0 aliphatic rings. The van der Waals surface area contributed by atoms with E-state index in [1.807, 2.05) is 13.8 Å². The zero-order valence-corrected chi connectivity index (χ0v) is 11.5. The number of nitrogens with two attached hydrogens (primary N) is 1. The Bertz CT molecular complexity index is 215. The molecule has 0 spiro atoms. The Morgan fingerprint density at radius 1 is 1.35 bits per heavy atom. The van der Waals surface area contributed by atoms with E-state index in [1.54, 1.807) is 0 Å². The molecule has 17 heavy (non-hydrogen) atoms. The van der Waals surface area contributed by atoms with Gasteiger partial charge in [0.15, 0.2) is 0 Å². The van der Waals surface area contributed by atoms with Crippen molar-refractivity contribution in [2.24, 2.45) is 11.7 Å². The fraction of sp³-hybridized carbons (Fsp3) is 0.923. The summed E-state index contributed by atoms with van der Waals surface area (Å²) in [4.78, 5) is 11.6. The van der Waals surface area contributed by atoms with Crippen LogP contribution in [0.25, 0.3) is 0 Å². The van der Waals surface area contributed by atoms with Crippen LogP contribution >= 0.6 is 0 Å². The molecule has 4 heteroatoms. The molecule has 1 unspecified atom stereocenters. The zero-order chi connectivity index (χ0) is 13.3. The van der Waals surface area contributed by atoms with Crippen molar-refractivity contribution in [3.8, 4) is 0 Å². The molecule has 4 N–H and O–H groups in total. The Morgan fingerprint density at radius 3 is 2.41 bits per heavy atom. The van der Waals surface area contributed by atoms with E-state index in [4.69, 9.17) is 5.73 Å². The lowest BCUT2D eigenvalue weighted by atomic mass is 9.97. The first-order valence-electron chi connectivity index (χ1n) is 6.66. The van der Waals surface area contributed by atoms with Gasteiger partial charge in [-0.2, -0.15) is 0 Å². The number of nitrogens with one attached hydrogen (secondary N) is 1. The smallest absolute Gasteiger partial charge is 0.220 e. The molecule has 102 valence electrons. The second-order valence-electron chi connectivity index (χ2n) is 4.93. The fourth-order valence-corrected chi connectivity index (χ4v) is 1.66. The van der Waals surface area contributed by atoms with Crippen molar-refractivity contribution in [3.63, 3.8) is 0 Å². The lowest BCUT2D eigenvalue weighted by Gasteiger charge is -2.25. The number of carbonyl (C=O) groups excluding carboxylic acids is 1. The van der Waals surface area contributed by atoms with Gasteiger partial charge in [0.1, 0.15) is 0 Å². The number of rotatable bonds is 9. The molecule has 0 rings (SSSR count). The average Bonchev–Trinajstić information content (AvgIpc) is 2.34. The van der Waals surface area contributed by atoms with E-state index < -0.39 is 5.60 Å². The Kier molecular flexibility index (Phi) is 8.17. The van der Waals surface area contributed by atoms with Crippen LogP contribution in [0.1, 0.15) is 52.9 Å². The zero-order valence-electron chi connectivity index (χ0n) is 11.5. The van der Waals surface area contributed by atoms with Crippen molar-refractivity contribution in [3.05, 3.63) is 0 Å². The van der Waals surface area contributed by atoms with E-state index >= 15 is 0 Å². The quantitative estimate of drug-likeness (QED) is 0.574. The predicted molar refractivity (Wildman–Crippen MR) is 70.6 cm³/mol. The molecule has 0 radical (unpaired) electrons. The van der Waals surface area contributed by atoms with Crippen molar-refractivity contribution in [2.75, 3.05) is 13.1 Å². The summed E-state index contributed by atoms with van der Waals surface area (Å²) >= 11 is 0. The van der Waals surface area contributed by atoms with Crippen LogP contribution in [-0.4, -0.2) is 29.7 Å². The highest BCUT2D eigenvalue weighted by molar-refractivity contribution is 5.75. The highest BCUT2D eigenvalue weighted by Gasteiger charge is 2.22. The first-order valence-corrected chi connectivity index (χ1v) is 6.66. The fourth-order valence-electron chi connectivity index (χ4n) is 1.66. The van der Waals surface area contributed by atoms with E-state index in [0.717, 1.165) is 12.8 Å². The lowest BCUT2D eigenvalue weighted by molar-refractivity contribution is -0.122. The Hall–Kier alpha value is -0.610. The van der Waals surface area contributed by atoms with Crippen LogP contribution < -0.4 is 11.1 Å². The first-order chi connectivity index (χ1) is 7.97. The molecule has 0 heterocycles. The molecular weight excluding hydrogens is 216 g/mol. The molecule has 0 aromatic heterocycles. The molecule has 1 amide bonds. The van der Waals surface area contributed by atoms with E-state index in [2.05, 4.69) is 12.2 Å². The van der Waals surface area contributed by atoms with Crippen molar-refractivity contribution in [1.82, 2.24) is 5.32 Å². The molecule has 1 atom stereocenters. The van der Waals surface area contributed by atoms with Gasteiger partial charge in [-0.1, -0.05) is 20.8 Å². The van der Waals surface area contributed by atoms with Gasteiger partial charge < -0.3 is 16.2 Å². The maximum Gasteiger partial charge on any atom is 0.220 e. The molecule has 0 bridgehead atoms. The van der Waals surface area contributed by atoms with Crippen LogP contribution in [0.15, 0.2) is 0 Å². The van der Waals surface area contributed by atoms with Gasteiger partial charge in [-0.3, -0.25) is 4.79 Å². The van der Waals surface area contributed by atoms with Crippen LogP contribution in [0.4, 0.5) is 0 Å². The normalized spacial score (nSPS) is 13.5. The maximum atomic E-state index is 11.6. The summed E-state index contributed by atoms with van der Waals surface area (Å²) in [6.07, 6.45) is 3.66. The minimum absolute atomic E-state index is 0.0224. The molecule has 0 saturated heterocycles. The van der Waals surface area contributed by atoms with E-state index in [0.29, 0.717) is 38.3 Å². The summed E-state index contributed by atoms with van der Waals surface area (Å²) in [6, 6.07) is 0. The Balaban J connectivity index is 3.80. The third-order valence-corrected chi connectivity index (χ3v) is 3.45. The van der Waals surface area contributed by atoms with Gasteiger partial charge in [-0.15, -0.1) is 0 Å². The number of amides is 1. The molecule has 0 fully saturated rings. The summed E-state index contributed by atoms with van der Waals surface area (Å²) in [7, 11) is 0. The highest BCUT2D eigenvalue weighted by Crippen LogP contribution is 2.13. The highest BCUT2D eigenvalue weighted by atomic mass is 16.3. The first kappa shape index (κ1) is 16.4. The largest absolute Gasteiger partial charge is 0.388 e. The molecular formula is C13H28N2O2. The van der Waals surface area contributed by atoms with Gasteiger partial charge in [-0.05, 0) is 38.1 Å². The van der Waals surface area contributed by atoms with Crippen molar-refractivity contribution >= 4 is 5.91 Å². The molecule has 0 aliphatic carbocycles. The number of carbonyl (C=O) groups is 1. The summed E-state index contributed by atoms with van der Waals surface area (Å²) in [5.41, 5.74) is 4.70. The van der Waals surface area contributed by atoms with Gasteiger partial charge in [0.25, 0.3) is 0 Å². The Morgan fingerprint density at radius 2 is 1.94 bits per heavy atom. The van der Waals surface area contributed by atoms with Crippen LogP contribution in [-0.2, 0) is 4.79 Å². The van der Waals surface area contributed by atoms with Gasteiger partial charge in [-0.25, -0.2) is 0 Å². The second-order valence-corrected chi connectivity index (χ2v) is 4.93. The molecule has 0 aromatic rings. The third kappa shape index (κ3) is 7.34. The molecule has 0 aromatic carbocycles. The molecule has 0 aliphatic heterocycles. The van der Waals surface area contributed by atoms with Gasteiger partial charge in [0, 0.05) is 13.0 Å². The minimum Gasteiger partial charge on any atom is -0.388 e. The maximum absolute atomic E-state index is 11.6. The van der Waals surface area contributed by atoms with Crippen molar-refractivity contribution in [1.29, 1.82) is 0 Å². The third-order valence-electron chi connectivity index (χ3n) is 3.45. The van der Waals surface area contributed by atoms with E-state index in [-0.39, 0.29) is 5.91 Å². The summed E-state index contributed by atoms with van der Waals surface area (Å²) in [5.74, 6) is 0.510. The monoisotopic (exact) mass is 244 g/mol. The van der Waals surface area contributed by atoms with Crippen molar-refractivity contribution < 1.29 is 9.90 Å². The summed E-state index contributed by atoms with van der Waals surface area (Å²) in [5, 5.41) is 12.8. The molecule has 4 nitrogen and oxygen atoms in total. The Labute approximate surface area is 105 Å². The van der Waals surface area contributed by atoms with Crippen LogP contribution in [0.3, 0.4) is 0 Å². The van der Waals surface area contributed by atoms with Gasteiger partial charge in [0.05, 0.1) is 5.60 Å². The SMILES string of the molecule is CCC(O)(CC)CNC(=O)CCC(C)CCN. The van der Waals surface area contributed by atoms with Crippen LogP contribution in [0, 0.1) is 5.92 Å². The lowest BCUT2D eigenvalue weighted by Crippen LogP contribution is -2.42. The number of hydrogen-bond donors (Lipinski definition) is 3. The number of hydrogen-bond acceptors (Lipinski definition) is 3.